The topological polar surface area (TPSA) is 92.3 Å². The molecular formula is C26H12Br8N2O4. The number of fused-ring (bicyclic) bond motifs is 2. The van der Waals surface area contributed by atoms with Crippen LogP contribution in [0.3, 0.4) is 0 Å². The lowest BCUT2D eigenvalue weighted by Crippen LogP contribution is -2.35. The highest BCUT2D eigenvalue weighted by Gasteiger charge is 2.25. The first kappa shape index (κ1) is 32.4. The summed E-state index contributed by atoms with van der Waals surface area (Å²) in [6.45, 7) is 0.132. The second-order valence-corrected chi connectivity index (χ2v) is 14.6. The molecule has 0 atom stereocenters. The molecule has 0 heterocycles. The van der Waals surface area contributed by atoms with Crippen LogP contribution in [0.2, 0.25) is 0 Å². The smallest absolute Gasteiger partial charge is 0.253 e. The van der Waals surface area contributed by atoms with Gasteiger partial charge in [-0.05, 0) is 150 Å². The Morgan fingerprint density at radius 1 is 0.550 bits per heavy atom. The van der Waals surface area contributed by atoms with Crippen LogP contribution in [0, 0.1) is 0 Å². The number of hydrogen-bond acceptors (Lipinski definition) is 4. The van der Waals surface area contributed by atoms with Crippen molar-refractivity contribution in [1.82, 2.24) is 10.6 Å². The molecule has 0 aliphatic heterocycles. The van der Waals surface area contributed by atoms with Crippen LogP contribution in [0.15, 0.2) is 60.0 Å². The van der Waals surface area contributed by atoms with E-state index >= 15 is 0 Å². The van der Waals surface area contributed by atoms with E-state index < -0.39 is 11.8 Å². The van der Waals surface area contributed by atoms with Crippen molar-refractivity contribution < 1.29 is 19.2 Å². The maximum absolute atomic E-state index is 13.2. The molecule has 0 unspecified atom stereocenters. The summed E-state index contributed by atoms with van der Waals surface area (Å²) < 4.78 is 5.09. The summed E-state index contributed by atoms with van der Waals surface area (Å²) in [6, 6.07) is 7.07. The Hall–Kier alpha value is -0.480. The zero-order valence-electron chi connectivity index (χ0n) is 19.5. The minimum absolute atomic E-state index is 0.0658. The predicted molar refractivity (Wildman–Crippen MR) is 185 cm³/mol. The largest absolute Gasteiger partial charge is 0.350 e. The van der Waals surface area contributed by atoms with E-state index in [4.69, 9.17) is 0 Å². The van der Waals surface area contributed by atoms with Gasteiger partial charge in [0.1, 0.15) is 0 Å². The van der Waals surface area contributed by atoms with E-state index in [9.17, 15) is 19.2 Å². The van der Waals surface area contributed by atoms with Gasteiger partial charge in [-0.1, -0.05) is 12.1 Å². The summed E-state index contributed by atoms with van der Waals surface area (Å²) in [4.78, 5) is 50.6. The fraction of sp³-hybridized carbons (Fsp3) is 0.0769. The third-order valence-electron chi connectivity index (χ3n) is 5.96. The van der Waals surface area contributed by atoms with Gasteiger partial charge in [-0.15, -0.1) is 0 Å². The normalized spacial score (nSPS) is 11.1. The maximum atomic E-state index is 13.2. The average molecular weight is 1060 g/mol. The molecule has 0 fully saturated rings. The van der Waals surface area contributed by atoms with E-state index in [0.717, 1.165) is 28.7 Å². The number of nitrogens with one attached hydrogen (secondary N) is 2. The van der Waals surface area contributed by atoms with Crippen molar-refractivity contribution in [3.8, 4) is 0 Å². The molecule has 2 amide bonds. The Bertz CT molecular complexity index is 1650. The molecule has 0 bridgehead atoms. The molecular weight excluding hydrogens is 1040 g/mol. The highest BCUT2D eigenvalue weighted by molar-refractivity contribution is 9.14. The molecule has 14 heteroatoms. The Balaban J connectivity index is 1.57. The van der Waals surface area contributed by atoms with Crippen molar-refractivity contribution in [2.75, 3.05) is 13.1 Å². The zero-order valence-corrected chi connectivity index (χ0v) is 32.2. The number of carbonyl (C=O) groups excluding carboxylic acids is 4. The third-order valence-corrected chi connectivity index (χ3v) is 14.2. The van der Waals surface area contributed by atoms with Gasteiger partial charge in [0.05, 0.1) is 11.1 Å². The maximum Gasteiger partial charge on any atom is 0.253 e. The van der Waals surface area contributed by atoms with Gasteiger partial charge in [-0.3, -0.25) is 19.2 Å². The van der Waals surface area contributed by atoms with E-state index in [2.05, 4.69) is 138 Å². The first-order valence-corrected chi connectivity index (χ1v) is 17.3. The van der Waals surface area contributed by atoms with Gasteiger partial charge in [-0.25, -0.2) is 0 Å². The van der Waals surface area contributed by atoms with Crippen molar-refractivity contribution >= 4 is 173 Å². The minimum atomic E-state index is -0.497. The van der Waals surface area contributed by atoms with Crippen LogP contribution in [-0.2, 0) is 0 Å². The molecule has 0 saturated carbocycles. The first-order valence-electron chi connectivity index (χ1n) is 11.0. The van der Waals surface area contributed by atoms with Crippen molar-refractivity contribution in [2.45, 2.75) is 0 Å². The summed E-state index contributed by atoms with van der Waals surface area (Å²) in [6.07, 6.45) is 1.28. The molecule has 0 spiro atoms. The second-order valence-electron chi connectivity index (χ2n) is 8.15. The Kier molecular flexibility index (Phi) is 10.9. The lowest BCUT2D eigenvalue weighted by molar-refractivity contribution is 0.0924. The molecule has 4 aromatic rings. The highest BCUT2D eigenvalue weighted by Crippen LogP contribution is 2.44. The van der Waals surface area contributed by atoms with Gasteiger partial charge < -0.3 is 10.6 Å². The van der Waals surface area contributed by atoms with Gasteiger partial charge in [0.25, 0.3) is 11.8 Å². The third kappa shape index (κ3) is 5.85. The second kappa shape index (κ2) is 13.4. The summed E-state index contributed by atoms with van der Waals surface area (Å²) in [7, 11) is 0. The molecule has 206 valence electrons. The van der Waals surface area contributed by atoms with E-state index in [1.807, 2.05) is 0 Å². The van der Waals surface area contributed by atoms with Crippen LogP contribution >= 0.6 is 127 Å². The lowest BCUT2D eigenvalue weighted by Gasteiger charge is -2.17. The Labute approximate surface area is 295 Å². The van der Waals surface area contributed by atoms with Gasteiger partial charge in [0, 0.05) is 70.8 Å². The molecule has 6 nitrogen and oxygen atoms in total. The Morgan fingerprint density at radius 3 is 1.23 bits per heavy atom. The molecule has 0 aliphatic carbocycles. The number of benzene rings is 4. The SMILES string of the molecule is O=Cc1c(C(=O)NCCNC(=O)c2c(Br)c(Br)c3c(Br)c(Br)ccc3c2C=O)c(Br)c(Br)c2c(Br)c(Br)ccc12. The van der Waals surface area contributed by atoms with E-state index in [1.54, 1.807) is 24.3 Å². The molecule has 0 aromatic heterocycles. The number of halogens is 8. The number of carbonyl (C=O) groups is 4. The molecule has 2 N–H and O–H groups in total. The van der Waals surface area contributed by atoms with Crippen molar-refractivity contribution in [1.29, 1.82) is 0 Å². The molecule has 4 rings (SSSR count). The molecule has 0 radical (unpaired) electrons. The van der Waals surface area contributed by atoms with Gasteiger partial charge in [-0.2, -0.15) is 0 Å². The molecule has 0 saturated heterocycles. The lowest BCUT2D eigenvalue weighted by atomic mass is 9.99. The van der Waals surface area contributed by atoms with Crippen LogP contribution in [0.4, 0.5) is 0 Å². The van der Waals surface area contributed by atoms with E-state index in [0.29, 0.717) is 41.2 Å². The Morgan fingerprint density at radius 2 is 0.900 bits per heavy atom. The van der Waals surface area contributed by atoms with Crippen molar-refractivity contribution in [2.24, 2.45) is 0 Å². The first-order chi connectivity index (χ1) is 19.0. The fourth-order valence-electron chi connectivity index (χ4n) is 4.14. The van der Waals surface area contributed by atoms with Crippen LogP contribution in [0.25, 0.3) is 21.5 Å². The summed E-state index contributed by atoms with van der Waals surface area (Å²) in [5.41, 5.74) is 0.767. The van der Waals surface area contributed by atoms with Gasteiger partial charge in [0.2, 0.25) is 0 Å². The average Bonchev–Trinajstić information content (AvgIpc) is 2.93. The monoisotopic (exact) mass is 1050 g/mol. The fourth-order valence-corrected chi connectivity index (χ4v) is 8.83. The standard InChI is InChI=1S/C26H12Br8N2O4/c27-13-3-1-9-11(7-37)17(23(33)21(31)15(9)19(13)29)25(39)35-5-6-36-26(40)18-12(8-38)10-2-4-14(28)20(30)16(10)22(32)24(18)34/h1-4,7-8H,5-6H2,(H,35,39)(H,36,40). The molecule has 40 heavy (non-hydrogen) atoms. The minimum Gasteiger partial charge on any atom is -0.350 e. The van der Waals surface area contributed by atoms with Crippen LogP contribution in [0.1, 0.15) is 41.4 Å². The summed E-state index contributed by atoms with van der Waals surface area (Å²) >= 11 is 28.0. The number of rotatable bonds is 7. The van der Waals surface area contributed by atoms with Crippen molar-refractivity contribution in [3.63, 3.8) is 0 Å². The van der Waals surface area contributed by atoms with Gasteiger partial charge >= 0.3 is 0 Å². The zero-order chi connectivity index (χ0) is 29.5. The predicted octanol–water partition coefficient (Wildman–Crippen LogP) is 9.88. The number of hydrogen-bond donors (Lipinski definition) is 2. The van der Waals surface area contributed by atoms with Crippen LogP contribution in [-0.4, -0.2) is 37.5 Å². The van der Waals surface area contributed by atoms with Crippen LogP contribution < -0.4 is 10.6 Å². The van der Waals surface area contributed by atoms with Gasteiger partial charge in [0.15, 0.2) is 12.6 Å². The summed E-state index contributed by atoms with van der Waals surface area (Å²) in [5.74, 6) is -0.994. The van der Waals surface area contributed by atoms with Crippen molar-refractivity contribution in [3.05, 3.63) is 82.3 Å². The van der Waals surface area contributed by atoms with E-state index in [-0.39, 0.29) is 35.3 Å². The molecule has 4 aromatic carbocycles. The quantitative estimate of drug-likeness (QED) is 0.143. The van der Waals surface area contributed by atoms with E-state index in [1.165, 1.54) is 0 Å². The van der Waals surface area contributed by atoms with Crippen LogP contribution in [0.5, 0.6) is 0 Å². The molecule has 0 aliphatic rings. The summed E-state index contributed by atoms with van der Waals surface area (Å²) in [5, 5.41) is 8.13. The number of aldehydes is 2. The highest BCUT2D eigenvalue weighted by atomic mass is 79.9. The number of amides is 2.